The Morgan fingerprint density at radius 2 is 2.22 bits per heavy atom. The van der Waals surface area contributed by atoms with Crippen molar-refractivity contribution in [2.45, 2.75) is 39.2 Å². The Morgan fingerprint density at radius 3 is 2.96 bits per heavy atom. The largest absolute Gasteiger partial charge is 0.337 e. The number of carbonyl (C=O) groups excluding carboxylic acids is 1. The van der Waals surface area contributed by atoms with E-state index >= 15 is 0 Å². The monoisotopic (exact) mass is 381 g/mol. The molecule has 7 heteroatoms. The summed E-state index contributed by atoms with van der Waals surface area (Å²) in [4.78, 5) is 28.9. The standard InChI is InChI=1S/C20H23N5OS/c1-14-18(27-15(2)23-14)20(26)25-9-4-6-17(13-25)19-22-8-10-24(19)12-16-5-3-7-21-11-16/h3,5,7-8,10-11,17H,4,6,9,12-13H2,1-2H3. The average molecular weight is 382 g/mol. The third-order valence-electron chi connectivity index (χ3n) is 4.99. The van der Waals surface area contributed by atoms with E-state index in [9.17, 15) is 4.79 Å². The minimum absolute atomic E-state index is 0.105. The van der Waals surface area contributed by atoms with E-state index in [0.29, 0.717) is 6.54 Å². The Balaban J connectivity index is 1.51. The Labute approximate surface area is 162 Å². The smallest absolute Gasteiger partial charge is 0.265 e. The van der Waals surface area contributed by atoms with Gasteiger partial charge in [-0.15, -0.1) is 11.3 Å². The highest BCUT2D eigenvalue weighted by molar-refractivity contribution is 7.13. The molecule has 6 nitrogen and oxygen atoms in total. The number of aryl methyl sites for hydroxylation is 2. The lowest BCUT2D eigenvalue weighted by Gasteiger charge is -2.32. The third-order valence-corrected chi connectivity index (χ3v) is 6.06. The van der Waals surface area contributed by atoms with Crippen molar-refractivity contribution in [3.05, 3.63) is 63.9 Å². The normalized spacial score (nSPS) is 17.3. The number of hydrogen-bond acceptors (Lipinski definition) is 5. The number of aromatic nitrogens is 4. The molecule has 1 fully saturated rings. The zero-order valence-corrected chi connectivity index (χ0v) is 16.4. The van der Waals surface area contributed by atoms with E-state index in [1.165, 1.54) is 11.3 Å². The van der Waals surface area contributed by atoms with Gasteiger partial charge >= 0.3 is 0 Å². The summed E-state index contributed by atoms with van der Waals surface area (Å²) in [5, 5.41) is 0.941. The number of amides is 1. The number of hydrogen-bond donors (Lipinski definition) is 0. The first-order chi connectivity index (χ1) is 13.1. The number of thiazole rings is 1. The van der Waals surface area contributed by atoms with Crippen LogP contribution >= 0.6 is 11.3 Å². The van der Waals surface area contributed by atoms with Gasteiger partial charge in [0.25, 0.3) is 5.91 Å². The molecule has 0 radical (unpaired) electrons. The second-order valence-corrected chi connectivity index (χ2v) is 8.22. The molecule has 1 unspecified atom stereocenters. The first kappa shape index (κ1) is 17.9. The molecule has 3 aromatic rings. The van der Waals surface area contributed by atoms with Gasteiger partial charge in [-0.2, -0.15) is 0 Å². The Bertz CT molecular complexity index is 933. The second kappa shape index (κ2) is 7.60. The van der Waals surface area contributed by atoms with Crippen LogP contribution in [0, 0.1) is 13.8 Å². The molecule has 1 saturated heterocycles. The first-order valence-electron chi connectivity index (χ1n) is 9.25. The van der Waals surface area contributed by atoms with Crippen molar-refractivity contribution in [3.63, 3.8) is 0 Å². The maximum atomic E-state index is 13.0. The third kappa shape index (κ3) is 3.78. The average Bonchev–Trinajstić information content (AvgIpc) is 3.28. The van der Waals surface area contributed by atoms with Gasteiger partial charge in [-0.25, -0.2) is 9.97 Å². The van der Waals surface area contributed by atoms with Crippen LogP contribution in [0.25, 0.3) is 0 Å². The number of piperidine rings is 1. The SMILES string of the molecule is Cc1nc(C)c(C(=O)N2CCCC(c3nccn3Cc3cccnc3)C2)s1. The van der Waals surface area contributed by atoms with Crippen LogP contribution in [0.2, 0.25) is 0 Å². The first-order valence-corrected chi connectivity index (χ1v) is 10.1. The summed E-state index contributed by atoms with van der Waals surface area (Å²) < 4.78 is 2.18. The van der Waals surface area contributed by atoms with Gasteiger partial charge in [0, 0.05) is 43.8 Å². The van der Waals surface area contributed by atoms with Crippen LogP contribution in [-0.4, -0.2) is 43.4 Å². The Morgan fingerprint density at radius 1 is 1.33 bits per heavy atom. The highest BCUT2D eigenvalue weighted by Gasteiger charge is 2.29. The fourth-order valence-electron chi connectivity index (χ4n) is 3.75. The van der Waals surface area contributed by atoms with Crippen molar-refractivity contribution in [2.24, 2.45) is 0 Å². The van der Waals surface area contributed by atoms with Crippen LogP contribution in [0.4, 0.5) is 0 Å². The van der Waals surface area contributed by atoms with Crippen molar-refractivity contribution in [3.8, 4) is 0 Å². The molecule has 140 valence electrons. The Kier molecular flexibility index (Phi) is 5.03. The van der Waals surface area contributed by atoms with Crippen LogP contribution in [0.1, 0.15) is 50.5 Å². The van der Waals surface area contributed by atoms with Gasteiger partial charge in [0.1, 0.15) is 10.7 Å². The van der Waals surface area contributed by atoms with Crippen LogP contribution in [0.3, 0.4) is 0 Å². The molecule has 4 heterocycles. The summed E-state index contributed by atoms with van der Waals surface area (Å²) in [6.07, 6.45) is 9.58. The summed E-state index contributed by atoms with van der Waals surface area (Å²) in [5.41, 5.74) is 1.99. The predicted octanol–water partition coefficient (Wildman–Crippen LogP) is 3.42. The van der Waals surface area contributed by atoms with Crippen molar-refractivity contribution < 1.29 is 4.79 Å². The zero-order chi connectivity index (χ0) is 18.8. The number of pyridine rings is 1. The second-order valence-electron chi connectivity index (χ2n) is 7.01. The van der Waals surface area contributed by atoms with Gasteiger partial charge in [-0.05, 0) is 38.3 Å². The highest BCUT2D eigenvalue weighted by Crippen LogP contribution is 2.29. The van der Waals surface area contributed by atoms with Gasteiger partial charge in [0.05, 0.1) is 17.2 Å². The maximum Gasteiger partial charge on any atom is 0.265 e. The van der Waals surface area contributed by atoms with Crippen molar-refractivity contribution in [2.75, 3.05) is 13.1 Å². The molecule has 27 heavy (non-hydrogen) atoms. The van der Waals surface area contributed by atoms with Crippen LogP contribution in [0.15, 0.2) is 36.9 Å². The summed E-state index contributed by atoms with van der Waals surface area (Å²) in [6, 6.07) is 4.02. The summed E-state index contributed by atoms with van der Waals surface area (Å²) in [6.45, 7) is 6.12. The number of carbonyl (C=O) groups is 1. The van der Waals surface area contributed by atoms with Gasteiger partial charge in [0.2, 0.25) is 0 Å². The van der Waals surface area contributed by atoms with E-state index in [1.807, 2.05) is 43.4 Å². The molecule has 0 bridgehead atoms. The molecular formula is C20H23N5OS. The molecule has 4 rings (SSSR count). The minimum Gasteiger partial charge on any atom is -0.337 e. The summed E-state index contributed by atoms with van der Waals surface area (Å²) in [7, 11) is 0. The molecule has 1 atom stereocenters. The number of rotatable bonds is 4. The summed E-state index contributed by atoms with van der Waals surface area (Å²) in [5.74, 6) is 1.41. The van der Waals surface area contributed by atoms with E-state index in [4.69, 9.17) is 0 Å². The summed E-state index contributed by atoms with van der Waals surface area (Å²) >= 11 is 1.49. The molecule has 0 saturated carbocycles. The predicted molar refractivity (Wildman–Crippen MR) is 105 cm³/mol. The fraction of sp³-hybridized carbons (Fsp3) is 0.400. The number of likely N-dealkylation sites (tertiary alicyclic amines) is 1. The van der Waals surface area contributed by atoms with E-state index < -0.39 is 0 Å². The highest BCUT2D eigenvalue weighted by atomic mass is 32.1. The molecule has 1 amide bonds. The quantitative estimate of drug-likeness (QED) is 0.695. The molecular weight excluding hydrogens is 358 g/mol. The molecule has 1 aliphatic rings. The molecule has 0 spiro atoms. The number of imidazole rings is 1. The lowest BCUT2D eigenvalue weighted by atomic mass is 9.96. The van der Waals surface area contributed by atoms with Crippen molar-refractivity contribution in [1.82, 2.24) is 24.4 Å². The molecule has 0 N–H and O–H groups in total. The van der Waals surface area contributed by atoms with Crippen LogP contribution < -0.4 is 0 Å². The fourth-order valence-corrected chi connectivity index (χ4v) is 4.64. The van der Waals surface area contributed by atoms with E-state index in [1.54, 1.807) is 6.20 Å². The van der Waals surface area contributed by atoms with Crippen molar-refractivity contribution in [1.29, 1.82) is 0 Å². The van der Waals surface area contributed by atoms with Crippen LogP contribution in [0.5, 0.6) is 0 Å². The van der Waals surface area contributed by atoms with E-state index in [-0.39, 0.29) is 11.8 Å². The Hall–Kier alpha value is -2.54. The molecule has 0 aromatic carbocycles. The molecule has 1 aliphatic heterocycles. The van der Waals surface area contributed by atoms with Gasteiger partial charge in [-0.3, -0.25) is 9.78 Å². The van der Waals surface area contributed by atoms with Crippen molar-refractivity contribution >= 4 is 17.2 Å². The van der Waals surface area contributed by atoms with Crippen LogP contribution in [-0.2, 0) is 6.54 Å². The number of nitrogens with zero attached hydrogens (tertiary/aromatic N) is 5. The van der Waals surface area contributed by atoms with Gasteiger partial charge in [0.15, 0.2) is 0 Å². The maximum absolute atomic E-state index is 13.0. The lowest BCUT2D eigenvalue weighted by Crippen LogP contribution is -2.39. The zero-order valence-electron chi connectivity index (χ0n) is 15.6. The molecule has 0 aliphatic carbocycles. The minimum atomic E-state index is 0.105. The van der Waals surface area contributed by atoms with Gasteiger partial charge < -0.3 is 9.47 Å². The van der Waals surface area contributed by atoms with E-state index in [0.717, 1.165) is 52.9 Å². The van der Waals surface area contributed by atoms with E-state index in [2.05, 4.69) is 25.6 Å². The molecule has 3 aromatic heterocycles. The van der Waals surface area contributed by atoms with Gasteiger partial charge in [-0.1, -0.05) is 6.07 Å². The lowest BCUT2D eigenvalue weighted by molar-refractivity contribution is 0.0707. The topological polar surface area (TPSA) is 63.9 Å².